The number of nitrogens with zero attached hydrogens (tertiary/aromatic N) is 2. The molecular formula is C15H16N2O. The third-order valence-electron chi connectivity index (χ3n) is 3.14. The summed E-state index contributed by atoms with van der Waals surface area (Å²) in [5, 5.41) is 9.82. The Balaban J connectivity index is 2.61. The summed E-state index contributed by atoms with van der Waals surface area (Å²) >= 11 is 0. The van der Waals surface area contributed by atoms with Crippen LogP contribution in [0.2, 0.25) is 0 Å². The summed E-state index contributed by atoms with van der Waals surface area (Å²) in [5.74, 6) is 0.0466. The Labute approximate surface area is 107 Å². The van der Waals surface area contributed by atoms with Crippen LogP contribution < -0.4 is 0 Å². The Hall–Kier alpha value is -2.08. The van der Waals surface area contributed by atoms with Crippen LogP contribution in [0.15, 0.2) is 24.4 Å². The fourth-order valence-electron chi connectivity index (χ4n) is 2.16. The van der Waals surface area contributed by atoms with E-state index in [4.69, 9.17) is 5.26 Å². The number of unbranched alkanes of at least 4 members (excludes halogenated alkanes) is 1. The van der Waals surface area contributed by atoms with Crippen LogP contribution in [0.4, 0.5) is 0 Å². The lowest BCUT2D eigenvalue weighted by Crippen LogP contribution is -1.95. The summed E-state index contributed by atoms with van der Waals surface area (Å²) in [6.07, 6.45) is 4.11. The molecule has 1 heterocycles. The highest BCUT2D eigenvalue weighted by atomic mass is 16.1. The fraction of sp³-hybridized carbons (Fsp3) is 0.333. The summed E-state index contributed by atoms with van der Waals surface area (Å²) < 4.78 is 2.11. The lowest BCUT2D eigenvalue weighted by molar-refractivity contribution is 0.101. The molecule has 0 bridgehead atoms. The molecule has 2 aromatic rings. The van der Waals surface area contributed by atoms with Gasteiger partial charge in [-0.2, -0.15) is 5.26 Å². The number of carbonyl (C=O) groups excluding carboxylic acids is 1. The average Bonchev–Trinajstić information content (AvgIpc) is 2.74. The van der Waals surface area contributed by atoms with Crippen LogP contribution in [0.5, 0.6) is 0 Å². The highest BCUT2D eigenvalue weighted by Gasteiger charge is 2.12. The van der Waals surface area contributed by atoms with Gasteiger partial charge < -0.3 is 4.57 Å². The van der Waals surface area contributed by atoms with Crippen molar-refractivity contribution in [3.05, 3.63) is 35.5 Å². The zero-order valence-electron chi connectivity index (χ0n) is 10.7. The normalized spacial score (nSPS) is 10.5. The Kier molecular flexibility index (Phi) is 3.47. The number of hydrogen-bond acceptors (Lipinski definition) is 2. The second-order valence-electron chi connectivity index (χ2n) is 4.49. The predicted octanol–water partition coefficient (Wildman–Crippen LogP) is 3.52. The van der Waals surface area contributed by atoms with Gasteiger partial charge in [-0.25, -0.2) is 0 Å². The van der Waals surface area contributed by atoms with Crippen molar-refractivity contribution in [1.82, 2.24) is 4.57 Å². The minimum absolute atomic E-state index is 0.0466. The number of Topliss-reactive ketones (excluding diaryl/α,β-unsaturated/α-hetero) is 1. The molecule has 1 aromatic heterocycles. The Morgan fingerprint density at radius 3 is 2.83 bits per heavy atom. The second-order valence-corrected chi connectivity index (χ2v) is 4.49. The first-order valence-electron chi connectivity index (χ1n) is 6.21. The molecule has 0 radical (unpaired) electrons. The molecule has 0 amide bonds. The standard InChI is InChI=1S/C15H16N2O/c1-3-4-7-17-10-14(11(2)18)13-8-12(9-16)5-6-15(13)17/h5-6,8,10H,3-4,7H2,1-2H3. The summed E-state index contributed by atoms with van der Waals surface area (Å²) in [5.41, 5.74) is 2.34. The highest BCUT2D eigenvalue weighted by Crippen LogP contribution is 2.23. The van der Waals surface area contributed by atoms with E-state index >= 15 is 0 Å². The number of nitriles is 1. The van der Waals surface area contributed by atoms with Crippen molar-refractivity contribution in [1.29, 1.82) is 5.26 Å². The van der Waals surface area contributed by atoms with Gasteiger partial charge in [0.25, 0.3) is 0 Å². The Morgan fingerprint density at radius 2 is 2.22 bits per heavy atom. The number of aromatic nitrogens is 1. The van der Waals surface area contributed by atoms with E-state index in [-0.39, 0.29) is 5.78 Å². The number of hydrogen-bond donors (Lipinski definition) is 0. The van der Waals surface area contributed by atoms with Crippen LogP contribution in [-0.2, 0) is 6.54 Å². The van der Waals surface area contributed by atoms with Crippen LogP contribution in [0.1, 0.15) is 42.6 Å². The zero-order chi connectivity index (χ0) is 13.1. The molecule has 3 nitrogen and oxygen atoms in total. The lowest BCUT2D eigenvalue weighted by Gasteiger charge is -2.03. The maximum Gasteiger partial charge on any atom is 0.161 e. The molecule has 0 aliphatic carbocycles. The summed E-state index contributed by atoms with van der Waals surface area (Å²) in [4.78, 5) is 11.6. The molecular weight excluding hydrogens is 224 g/mol. The molecule has 1 aromatic carbocycles. The van der Waals surface area contributed by atoms with Gasteiger partial charge in [0.1, 0.15) is 0 Å². The van der Waals surface area contributed by atoms with Crippen molar-refractivity contribution in [2.45, 2.75) is 33.2 Å². The first-order chi connectivity index (χ1) is 8.67. The molecule has 2 rings (SSSR count). The Morgan fingerprint density at radius 1 is 1.44 bits per heavy atom. The largest absolute Gasteiger partial charge is 0.347 e. The van der Waals surface area contributed by atoms with E-state index in [1.807, 2.05) is 12.3 Å². The number of ketones is 1. The van der Waals surface area contributed by atoms with Crippen LogP contribution in [0, 0.1) is 11.3 Å². The molecule has 0 unspecified atom stereocenters. The van der Waals surface area contributed by atoms with Crippen LogP contribution in [-0.4, -0.2) is 10.4 Å². The number of fused-ring (bicyclic) bond motifs is 1. The van der Waals surface area contributed by atoms with Gasteiger partial charge in [0.2, 0.25) is 0 Å². The molecule has 0 N–H and O–H groups in total. The average molecular weight is 240 g/mol. The maximum atomic E-state index is 11.6. The van der Waals surface area contributed by atoms with Gasteiger partial charge in [-0.1, -0.05) is 13.3 Å². The minimum atomic E-state index is 0.0466. The van der Waals surface area contributed by atoms with Gasteiger partial charge in [-0.05, 0) is 31.5 Å². The minimum Gasteiger partial charge on any atom is -0.347 e. The molecule has 0 saturated carbocycles. The molecule has 0 atom stereocenters. The van der Waals surface area contributed by atoms with E-state index in [0.29, 0.717) is 11.1 Å². The summed E-state index contributed by atoms with van der Waals surface area (Å²) in [7, 11) is 0. The van der Waals surface area contributed by atoms with Crippen LogP contribution in [0.3, 0.4) is 0 Å². The molecule has 3 heteroatoms. The predicted molar refractivity (Wildman–Crippen MR) is 71.6 cm³/mol. The van der Waals surface area contributed by atoms with Gasteiger partial charge in [-0.15, -0.1) is 0 Å². The molecule has 0 aliphatic heterocycles. The first-order valence-corrected chi connectivity index (χ1v) is 6.21. The molecule has 18 heavy (non-hydrogen) atoms. The van der Waals surface area contributed by atoms with Crippen LogP contribution >= 0.6 is 0 Å². The van der Waals surface area contributed by atoms with Gasteiger partial charge in [0, 0.05) is 29.2 Å². The topological polar surface area (TPSA) is 45.8 Å². The van der Waals surface area contributed by atoms with Gasteiger partial charge >= 0.3 is 0 Å². The number of benzene rings is 1. The third kappa shape index (κ3) is 2.14. The van der Waals surface area contributed by atoms with Gasteiger partial charge in [-0.3, -0.25) is 4.79 Å². The first kappa shape index (κ1) is 12.4. The number of carbonyl (C=O) groups is 1. The van der Waals surface area contributed by atoms with Crippen molar-refractivity contribution >= 4 is 16.7 Å². The smallest absolute Gasteiger partial charge is 0.161 e. The third-order valence-corrected chi connectivity index (χ3v) is 3.14. The maximum absolute atomic E-state index is 11.6. The molecule has 0 aliphatic rings. The fourth-order valence-corrected chi connectivity index (χ4v) is 2.16. The monoisotopic (exact) mass is 240 g/mol. The number of aryl methyl sites for hydroxylation is 1. The molecule has 92 valence electrons. The summed E-state index contributed by atoms with van der Waals surface area (Å²) in [6, 6.07) is 7.64. The quantitative estimate of drug-likeness (QED) is 0.767. The van der Waals surface area contributed by atoms with Crippen molar-refractivity contribution in [2.75, 3.05) is 0 Å². The van der Waals surface area contributed by atoms with Crippen molar-refractivity contribution in [3.8, 4) is 6.07 Å². The van der Waals surface area contributed by atoms with Gasteiger partial charge in [0.15, 0.2) is 5.78 Å². The van der Waals surface area contributed by atoms with E-state index in [9.17, 15) is 4.79 Å². The lowest BCUT2D eigenvalue weighted by atomic mass is 10.1. The van der Waals surface area contributed by atoms with E-state index in [1.165, 1.54) is 0 Å². The van der Waals surface area contributed by atoms with E-state index in [0.717, 1.165) is 30.3 Å². The van der Waals surface area contributed by atoms with E-state index in [1.54, 1.807) is 19.1 Å². The van der Waals surface area contributed by atoms with E-state index < -0.39 is 0 Å². The molecule has 0 fully saturated rings. The van der Waals surface area contributed by atoms with Crippen molar-refractivity contribution in [2.24, 2.45) is 0 Å². The van der Waals surface area contributed by atoms with Crippen LogP contribution in [0.25, 0.3) is 10.9 Å². The SMILES string of the molecule is CCCCn1cc(C(C)=O)c2cc(C#N)ccc21. The van der Waals surface area contributed by atoms with E-state index in [2.05, 4.69) is 17.6 Å². The van der Waals surface area contributed by atoms with Crippen molar-refractivity contribution in [3.63, 3.8) is 0 Å². The zero-order valence-corrected chi connectivity index (χ0v) is 10.7. The van der Waals surface area contributed by atoms with Crippen molar-refractivity contribution < 1.29 is 4.79 Å². The molecule has 0 saturated heterocycles. The number of rotatable bonds is 4. The summed E-state index contributed by atoms with van der Waals surface area (Å²) in [6.45, 7) is 4.62. The van der Waals surface area contributed by atoms with Gasteiger partial charge in [0.05, 0.1) is 11.6 Å². The highest BCUT2D eigenvalue weighted by molar-refractivity contribution is 6.07. The Bertz CT molecular complexity index is 632. The second kappa shape index (κ2) is 5.05. The molecule has 0 spiro atoms.